The van der Waals surface area contributed by atoms with Crippen molar-refractivity contribution in [2.75, 3.05) is 13.1 Å². The molecule has 1 N–H and O–H groups in total. The van der Waals surface area contributed by atoms with Gasteiger partial charge < -0.3 is 5.11 Å². The number of aryl methyl sites for hydroxylation is 2. The molecule has 5 heteroatoms. The van der Waals surface area contributed by atoms with E-state index in [1.807, 2.05) is 25.6 Å². The third-order valence-corrected chi connectivity index (χ3v) is 3.85. The zero-order valence-electron chi connectivity index (χ0n) is 12.0. The molecule has 1 rings (SSSR count). The lowest BCUT2D eigenvalue weighted by molar-refractivity contribution is 0.0345. The fraction of sp³-hybridized carbons (Fsp3) is 0.769. The second-order valence-corrected chi connectivity index (χ2v) is 6.09. The average Bonchev–Trinajstić information content (AvgIpc) is 2.53. The summed E-state index contributed by atoms with van der Waals surface area (Å²) in [5.74, 6) is 0. The Morgan fingerprint density at radius 2 is 2.00 bits per heavy atom. The van der Waals surface area contributed by atoms with Gasteiger partial charge in [0.2, 0.25) is 0 Å². The molecule has 18 heavy (non-hydrogen) atoms. The molecule has 0 spiro atoms. The van der Waals surface area contributed by atoms with Gasteiger partial charge >= 0.3 is 0 Å². The molecule has 0 aromatic carbocycles. The van der Waals surface area contributed by atoms with Gasteiger partial charge in [-0.3, -0.25) is 9.58 Å². The van der Waals surface area contributed by atoms with Crippen LogP contribution in [0.2, 0.25) is 0 Å². The van der Waals surface area contributed by atoms with Gasteiger partial charge in [-0.05, 0) is 42.7 Å². The maximum Gasteiger partial charge on any atom is 0.0767 e. The lowest BCUT2D eigenvalue weighted by atomic mass is 10.1. The van der Waals surface area contributed by atoms with Gasteiger partial charge in [-0.15, -0.1) is 0 Å². The topological polar surface area (TPSA) is 41.3 Å². The third kappa shape index (κ3) is 4.07. The van der Waals surface area contributed by atoms with Crippen LogP contribution in [0.15, 0.2) is 4.47 Å². The Morgan fingerprint density at radius 1 is 1.39 bits per heavy atom. The number of rotatable bonds is 6. The Bertz CT molecular complexity index is 396. The van der Waals surface area contributed by atoms with E-state index in [9.17, 15) is 5.11 Å². The predicted molar refractivity (Wildman–Crippen MR) is 77.5 cm³/mol. The molecule has 0 saturated heterocycles. The quantitative estimate of drug-likeness (QED) is 0.875. The van der Waals surface area contributed by atoms with Gasteiger partial charge in [-0.25, -0.2) is 0 Å². The van der Waals surface area contributed by atoms with E-state index in [1.165, 1.54) is 0 Å². The molecular weight excluding hydrogens is 294 g/mol. The molecule has 0 aliphatic rings. The van der Waals surface area contributed by atoms with E-state index in [2.05, 4.69) is 39.8 Å². The van der Waals surface area contributed by atoms with Crippen molar-refractivity contribution in [2.24, 2.45) is 7.05 Å². The molecule has 0 unspecified atom stereocenters. The fourth-order valence-corrected chi connectivity index (χ4v) is 2.77. The summed E-state index contributed by atoms with van der Waals surface area (Å²) in [6.45, 7) is 10.2. The van der Waals surface area contributed by atoms with E-state index < -0.39 is 5.60 Å². The van der Waals surface area contributed by atoms with Crippen LogP contribution >= 0.6 is 15.9 Å². The predicted octanol–water partition coefficient (Wildman–Crippen LogP) is 2.34. The number of halogens is 1. The minimum absolute atomic E-state index is 0.655. The number of likely N-dealkylation sites (N-methyl/N-ethyl adjacent to an activating group) is 1. The number of hydrogen-bond acceptors (Lipinski definition) is 3. The maximum atomic E-state index is 9.91. The summed E-state index contributed by atoms with van der Waals surface area (Å²) >= 11 is 3.63. The first-order chi connectivity index (χ1) is 8.28. The molecule has 0 aliphatic carbocycles. The van der Waals surface area contributed by atoms with E-state index in [0.29, 0.717) is 6.54 Å². The van der Waals surface area contributed by atoms with Gasteiger partial charge in [-0.1, -0.05) is 13.8 Å². The molecule has 4 nitrogen and oxygen atoms in total. The highest BCUT2D eigenvalue weighted by atomic mass is 79.9. The van der Waals surface area contributed by atoms with Crippen LogP contribution in [-0.4, -0.2) is 38.5 Å². The molecule has 0 bridgehead atoms. The third-order valence-electron chi connectivity index (χ3n) is 2.93. The lowest BCUT2D eigenvalue weighted by Crippen LogP contribution is -2.38. The van der Waals surface area contributed by atoms with E-state index in [1.54, 1.807) is 0 Å². The van der Waals surface area contributed by atoms with Gasteiger partial charge in [0, 0.05) is 20.1 Å². The van der Waals surface area contributed by atoms with E-state index >= 15 is 0 Å². The van der Waals surface area contributed by atoms with Crippen molar-refractivity contribution in [2.45, 2.75) is 46.3 Å². The zero-order chi connectivity index (χ0) is 13.9. The normalized spacial score (nSPS) is 12.4. The summed E-state index contributed by atoms with van der Waals surface area (Å²) in [5.41, 5.74) is 1.58. The Morgan fingerprint density at radius 3 is 2.39 bits per heavy atom. The van der Waals surface area contributed by atoms with Gasteiger partial charge in [-0.2, -0.15) is 5.10 Å². The second kappa shape index (κ2) is 6.17. The smallest absolute Gasteiger partial charge is 0.0767 e. The van der Waals surface area contributed by atoms with E-state index in [4.69, 9.17) is 0 Å². The highest BCUT2D eigenvalue weighted by Crippen LogP contribution is 2.23. The van der Waals surface area contributed by atoms with Crippen LogP contribution in [0, 0.1) is 0 Å². The largest absolute Gasteiger partial charge is 0.389 e. The molecule has 104 valence electrons. The zero-order valence-corrected chi connectivity index (χ0v) is 13.6. The van der Waals surface area contributed by atoms with Crippen LogP contribution in [0.1, 0.15) is 39.1 Å². The molecule has 1 aromatic rings. The average molecular weight is 318 g/mol. The molecule has 0 fully saturated rings. The number of hydrogen-bond donors (Lipinski definition) is 1. The minimum Gasteiger partial charge on any atom is -0.389 e. The van der Waals surface area contributed by atoms with Gasteiger partial charge in [0.05, 0.1) is 21.5 Å². The first kappa shape index (κ1) is 15.7. The Kier molecular flexibility index (Phi) is 5.37. The minimum atomic E-state index is -0.672. The van der Waals surface area contributed by atoms with Gasteiger partial charge in [0.25, 0.3) is 0 Å². The Hall–Kier alpha value is -0.390. The summed E-state index contributed by atoms with van der Waals surface area (Å²) in [5, 5.41) is 14.4. The van der Waals surface area contributed by atoms with Crippen LogP contribution in [0.3, 0.4) is 0 Å². The van der Waals surface area contributed by atoms with Crippen LogP contribution in [0.25, 0.3) is 0 Å². The molecule has 0 amide bonds. The van der Waals surface area contributed by atoms with Crippen molar-refractivity contribution >= 4 is 15.9 Å². The number of aliphatic hydroxyl groups is 1. The summed E-state index contributed by atoms with van der Waals surface area (Å²) in [7, 11) is 1.97. The van der Waals surface area contributed by atoms with Crippen molar-refractivity contribution in [3.8, 4) is 0 Å². The van der Waals surface area contributed by atoms with Crippen molar-refractivity contribution < 1.29 is 5.11 Å². The summed E-state index contributed by atoms with van der Waals surface area (Å²) < 4.78 is 3.03. The van der Waals surface area contributed by atoms with Gasteiger partial charge in [0.15, 0.2) is 0 Å². The molecule has 0 atom stereocenters. The Labute approximate surface area is 118 Å². The van der Waals surface area contributed by atoms with Crippen molar-refractivity contribution in [1.29, 1.82) is 0 Å². The highest BCUT2D eigenvalue weighted by molar-refractivity contribution is 9.10. The SMILES string of the molecule is CCc1nn(C)c(CN(CC)CC(C)(C)O)c1Br. The molecular formula is C13H24BrN3O. The summed E-state index contributed by atoms with van der Waals surface area (Å²) in [4.78, 5) is 2.22. The molecule has 0 aliphatic heterocycles. The second-order valence-electron chi connectivity index (χ2n) is 5.30. The van der Waals surface area contributed by atoms with Crippen molar-refractivity contribution in [1.82, 2.24) is 14.7 Å². The maximum absolute atomic E-state index is 9.91. The monoisotopic (exact) mass is 317 g/mol. The van der Waals surface area contributed by atoms with E-state index in [0.717, 1.165) is 35.4 Å². The van der Waals surface area contributed by atoms with Crippen LogP contribution in [-0.2, 0) is 20.0 Å². The fourth-order valence-electron chi connectivity index (χ4n) is 2.03. The van der Waals surface area contributed by atoms with Crippen LogP contribution in [0.4, 0.5) is 0 Å². The van der Waals surface area contributed by atoms with E-state index in [-0.39, 0.29) is 0 Å². The lowest BCUT2D eigenvalue weighted by Gasteiger charge is -2.28. The highest BCUT2D eigenvalue weighted by Gasteiger charge is 2.20. The number of nitrogens with zero attached hydrogens (tertiary/aromatic N) is 3. The first-order valence-corrected chi connectivity index (χ1v) is 7.22. The van der Waals surface area contributed by atoms with Crippen molar-refractivity contribution in [3.05, 3.63) is 15.9 Å². The molecule has 0 saturated carbocycles. The van der Waals surface area contributed by atoms with Gasteiger partial charge in [0.1, 0.15) is 0 Å². The Balaban J connectivity index is 2.85. The molecule has 1 heterocycles. The number of aromatic nitrogens is 2. The van der Waals surface area contributed by atoms with Crippen LogP contribution in [0.5, 0.6) is 0 Å². The first-order valence-electron chi connectivity index (χ1n) is 6.43. The van der Waals surface area contributed by atoms with Crippen molar-refractivity contribution in [3.63, 3.8) is 0 Å². The van der Waals surface area contributed by atoms with Crippen LogP contribution < -0.4 is 0 Å². The standard InChI is InChI=1S/C13H24BrN3O/c1-6-10-12(14)11(16(5)15-10)8-17(7-2)9-13(3,4)18/h18H,6-9H2,1-5H3. The summed E-state index contributed by atoms with van der Waals surface area (Å²) in [6, 6.07) is 0. The molecule has 1 aromatic heterocycles. The summed E-state index contributed by atoms with van der Waals surface area (Å²) in [6.07, 6.45) is 0.923. The molecule has 0 radical (unpaired) electrons.